The number of benzene rings is 1. The van der Waals surface area contributed by atoms with Crippen molar-refractivity contribution in [1.82, 2.24) is 0 Å². The van der Waals surface area contributed by atoms with E-state index >= 15 is 0 Å². The molecule has 0 unspecified atom stereocenters. The molecule has 0 fully saturated rings. The molecule has 2 rings (SSSR count). The smallest absolute Gasteiger partial charge is 0.103 e. The van der Waals surface area contributed by atoms with E-state index in [0.29, 0.717) is 0 Å². The van der Waals surface area contributed by atoms with Crippen LogP contribution in [0.15, 0.2) is 53.1 Å². The molecule has 0 bridgehead atoms. The van der Waals surface area contributed by atoms with Crippen LogP contribution in [-0.4, -0.2) is 0 Å². The van der Waals surface area contributed by atoms with E-state index in [9.17, 15) is 0 Å². The molecule has 0 saturated carbocycles. The summed E-state index contributed by atoms with van der Waals surface area (Å²) >= 11 is 0. The van der Waals surface area contributed by atoms with Crippen LogP contribution in [0.1, 0.15) is 37.0 Å². The molecule has 0 aliphatic carbocycles. The lowest BCUT2D eigenvalue weighted by Gasteiger charge is -1.96. The highest BCUT2D eigenvalue weighted by Gasteiger charge is 1.93. The summed E-state index contributed by atoms with van der Waals surface area (Å²) < 4.78 is 5.28. The molecule has 2 aromatic rings. The molecule has 0 spiro atoms. The van der Waals surface area contributed by atoms with Gasteiger partial charge in [-0.05, 0) is 37.0 Å². The third-order valence-electron chi connectivity index (χ3n) is 3.04. The third-order valence-corrected chi connectivity index (χ3v) is 3.04. The van der Waals surface area contributed by atoms with Gasteiger partial charge in [-0.15, -0.1) is 11.8 Å². The molecule has 1 aromatic heterocycles. The van der Waals surface area contributed by atoms with E-state index in [-0.39, 0.29) is 0 Å². The zero-order valence-electron chi connectivity index (χ0n) is 11.3. The summed E-state index contributed by atoms with van der Waals surface area (Å²) in [6.07, 6.45) is 8.04. The predicted molar refractivity (Wildman–Crippen MR) is 78.8 cm³/mol. The second kappa shape index (κ2) is 8.21. The SMILES string of the molecule is C(#CCCCc1ccco1)CCCc1ccccc1. The molecule has 98 valence electrons. The van der Waals surface area contributed by atoms with Gasteiger partial charge in [0.1, 0.15) is 5.76 Å². The van der Waals surface area contributed by atoms with Gasteiger partial charge in [0.25, 0.3) is 0 Å². The lowest BCUT2D eigenvalue weighted by molar-refractivity contribution is 0.503. The van der Waals surface area contributed by atoms with E-state index in [4.69, 9.17) is 4.42 Å². The van der Waals surface area contributed by atoms with Crippen molar-refractivity contribution in [3.8, 4) is 11.8 Å². The summed E-state index contributed by atoms with van der Waals surface area (Å²) in [5.74, 6) is 7.56. The topological polar surface area (TPSA) is 13.1 Å². The second-order valence-electron chi connectivity index (χ2n) is 4.63. The Labute approximate surface area is 115 Å². The Morgan fingerprint density at radius 3 is 2.21 bits per heavy atom. The molecule has 0 amide bonds. The van der Waals surface area contributed by atoms with E-state index in [0.717, 1.165) is 44.3 Å². The number of hydrogen-bond acceptors (Lipinski definition) is 1. The molecule has 19 heavy (non-hydrogen) atoms. The van der Waals surface area contributed by atoms with Gasteiger partial charge in [0.2, 0.25) is 0 Å². The summed E-state index contributed by atoms with van der Waals surface area (Å²) in [4.78, 5) is 0. The fourth-order valence-electron chi connectivity index (χ4n) is 2.01. The number of unbranched alkanes of at least 4 members (excludes halogenated alkanes) is 2. The van der Waals surface area contributed by atoms with Crippen LogP contribution in [0.25, 0.3) is 0 Å². The summed E-state index contributed by atoms with van der Waals surface area (Å²) in [5, 5.41) is 0. The molecule has 1 nitrogen and oxygen atoms in total. The van der Waals surface area contributed by atoms with Crippen LogP contribution in [-0.2, 0) is 12.8 Å². The Morgan fingerprint density at radius 2 is 1.53 bits per heavy atom. The molecule has 1 heteroatoms. The first kappa shape index (κ1) is 13.5. The Balaban J connectivity index is 1.53. The number of hydrogen-bond donors (Lipinski definition) is 0. The Hall–Kier alpha value is -1.94. The van der Waals surface area contributed by atoms with Crippen LogP contribution in [0.5, 0.6) is 0 Å². The van der Waals surface area contributed by atoms with E-state index in [2.05, 4.69) is 42.2 Å². The molecule has 0 atom stereocenters. The zero-order valence-corrected chi connectivity index (χ0v) is 11.3. The van der Waals surface area contributed by atoms with Gasteiger partial charge in [-0.25, -0.2) is 0 Å². The van der Waals surface area contributed by atoms with Crippen molar-refractivity contribution in [2.75, 3.05) is 0 Å². The van der Waals surface area contributed by atoms with E-state index in [1.54, 1.807) is 6.26 Å². The molecule has 0 aliphatic rings. The van der Waals surface area contributed by atoms with Crippen LogP contribution in [0.2, 0.25) is 0 Å². The predicted octanol–water partition coefficient (Wildman–Crippen LogP) is 4.63. The summed E-state index contributed by atoms with van der Waals surface area (Å²) in [5.41, 5.74) is 1.40. The van der Waals surface area contributed by atoms with Gasteiger partial charge in [-0.1, -0.05) is 30.3 Å². The molecule has 1 aromatic carbocycles. The van der Waals surface area contributed by atoms with Gasteiger partial charge in [0, 0.05) is 19.3 Å². The van der Waals surface area contributed by atoms with Crippen LogP contribution >= 0.6 is 0 Å². The average molecular weight is 252 g/mol. The highest BCUT2D eigenvalue weighted by molar-refractivity contribution is 5.14. The fraction of sp³-hybridized carbons (Fsp3) is 0.333. The van der Waals surface area contributed by atoms with Gasteiger partial charge in [-0.3, -0.25) is 0 Å². The van der Waals surface area contributed by atoms with Crippen molar-refractivity contribution in [3.05, 3.63) is 60.1 Å². The average Bonchev–Trinajstić information content (AvgIpc) is 2.96. The summed E-state index contributed by atoms with van der Waals surface area (Å²) in [6.45, 7) is 0. The standard InChI is InChI=1S/C18H20O/c1(2-4-9-14-18-15-10-16-19-18)3-6-11-17-12-7-5-8-13-17/h5,7-8,10,12-13,15-16H,3-4,6,9,11,14H2. The Kier molecular flexibility index (Phi) is 5.83. The van der Waals surface area contributed by atoms with E-state index in [1.165, 1.54) is 5.56 Å². The van der Waals surface area contributed by atoms with Gasteiger partial charge < -0.3 is 4.42 Å². The molecule has 0 saturated heterocycles. The minimum atomic E-state index is 0.964. The number of furan rings is 1. The normalized spacial score (nSPS) is 9.89. The minimum Gasteiger partial charge on any atom is -0.469 e. The highest BCUT2D eigenvalue weighted by atomic mass is 16.3. The maximum atomic E-state index is 5.28. The van der Waals surface area contributed by atoms with Crippen LogP contribution < -0.4 is 0 Å². The number of rotatable bonds is 6. The van der Waals surface area contributed by atoms with Crippen molar-refractivity contribution < 1.29 is 4.42 Å². The van der Waals surface area contributed by atoms with Crippen LogP contribution in [0, 0.1) is 11.8 Å². The first-order valence-electron chi connectivity index (χ1n) is 6.97. The van der Waals surface area contributed by atoms with Gasteiger partial charge in [0.15, 0.2) is 0 Å². The fourth-order valence-corrected chi connectivity index (χ4v) is 2.01. The van der Waals surface area contributed by atoms with Gasteiger partial charge >= 0.3 is 0 Å². The minimum absolute atomic E-state index is 0.964. The molecule has 0 radical (unpaired) electrons. The van der Waals surface area contributed by atoms with Gasteiger partial charge in [-0.2, -0.15) is 0 Å². The van der Waals surface area contributed by atoms with Crippen LogP contribution in [0.4, 0.5) is 0 Å². The second-order valence-corrected chi connectivity index (χ2v) is 4.63. The zero-order chi connectivity index (χ0) is 13.2. The first-order valence-corrected chi connectivity index (χ1v) is 6.97. The highest BCUT2D eigenvalue weighted by Crippen LogP contribution is 2.05. The first-order chi connectivity index (χ1) is 9.45. The van der Waals surface area contributed by atoms with Crippen molar-refractivity contribution in [1.29, 1.82) is 0 Å². The Bertz CT molecular complexity index is 500. The molecular weight excluding hydrogens is 232 g/mol. The quantitative estimate of drug-likeness (QED) is 0.539. The monoisotopic (exact) mass is 252 g/mol. The molecule has 0 aliphatic heterocycles. The number of aryl methyl sites for hydroxylation is 2. The Morgan fingerprint density at radius 1 is 0.789 bits per heavy atom. The van der Waals surface area contributed by atoms with Crippen molar-refractivity contribution >= 4 is 0 Å². The van der Waals surface area contributed by atoms with E-state index < -0.39 is 0 Å². The third kappa shape index (κ3) is 5.48. The van der Waals surface area contributed by atoms with E-state index in [1.807, 2.05) is 12.1 Å². The van der Waals surface area contributed by atoms with Gasteiger partial charge in [0.05, 0.1) is 6.26 Å². The maximum absolute atomic E-state index is 5.28. The summed E-state index contributed by atoms with van der Waals surface area (Å²) in [7, 11) is 0. The lowest BCUT2D eigenvalue weighted by atomic mass is 10.1. The lowest BCUT2D eigenvalue weighted by Crippen LogP contribution is -1.83. The molecule has 0 N–H and O–H groups in total. The largest absolute Gasteiger partial charge is 0.469 e. The van der Waals surface area contributed by atoms with Crippen molar-refractivity contribution in [2.45, 2.75) is 38.5 Å². The van der Waals surface area contributed by atoms with Crippen molar-refractivity contribution in [3.63, 3.8) is 0 Å². The summed E-state index contributed by atoms with van der Waals surface area (Å²) in [6, 6.07) is 14.6. The molecular formula is C18H20O. The molecule has 1 heterocycles. The van der Waals surface area contributed by atoms with Crippen molar-refractivity contribution in [2.24, 2.45) is 0 Å². The van der Waals surface area contributed by atoms with Crippen LogP contribution in [0.3, 0.4) is 0 Å². The maximum Gasteiger partial charge on any atom is 0.103 e.